The number of hydrogen-bond acceptors (Lipinski definition) is 4. The molecular formula is C30H31N3O3. The van der Waals surface area contributed by atoms with Gasteiger partial charge < -0.3 is 14.4 Å². The van der Waals surface area contributed by atoms with E-state index in [0.29, 0.717) is 30.3 Å². The molecule has 1 aliphatic heterocycles. The van der Waals surface area contributed by atoms with Crippen LogP contribution in [0.1, 0.15) is 58.5 Å². The third-order valence-corrected chi connectivity index (χ3v) is 6.64. The van der Waals surface area contributed by atoms with Gasteiger partial charge in [-0.05, 0) is 36.6 Å². The molecule has 4 aromatic rings. The first-order valence-corrected chi connectivity index (χ1v) is 12.4. The van der Waals surface area contributed by atoms with Gasteiger partial charge in [-0.2, -0.15) is 5.10 Å². The Morgan fingerprint density at radius 2 is 1.78 bits per heavy atom. The molecule has 0 radical (unpaired) electrons. The smallest absolute Gasteiger partial charge is 0.273 e. The molecule has 2 heterocycles. The van der Waals surface area contributed by atoms with E-state index in [-0.39, 0.29) is 11.9 Å². The van der Waals surface area contributed by atoms with Crippen LogP contribution in [0.15, 0.2) is 72.8 Å². The van der Waals surface area contributed by atoms with E-state index >= 15 is 0 Å². The molecule has 1 N–H and O–H groups in total. The predicted molar refractivity (Wildman–Crippen MR) is 140 cm³/mol. The van der Waals surface area contributed by atoms with Gasteiger partial charge in [0.05, 0.1) is 25.5 Å². The standard InChI is InChI=1S/C30H31N3O3/c1-4-5-17-36-24-16-15-23(18-25(24)35-3)29-26-27(22-13-11-20(2)12-14-22)31-32-28(26)30(34)33(29)19-21-9-7-6-8-10-21/h6-16,18,29H,4-5,17,19H2,1-3H3,(H,31,32). The number of fused-ring (bicyclic) bond motifs is 1. The van der Waals surface area contributed by atoms with Crippen LogP contribution in [0.25, 0.3) is 11.3 Å². The number of carbonyl (C=O) groups excluding carboxylic acids is 1. The Kier molecular flexibility index (Phi) is 6.76. The Morgan fingerprint density at radius 1 is 1.00 bits per heavy atom. The number of methoxy groups -OCH3 is 1. The number of amides is 1. The van der Waals surface area contributed by atoms with Crippen molar-refractivity contribution >= 4 is 5.91 Å². The quantitative estimate of drug-likeness (QED) is 0.284. The van der Waals surface area contributed by atoms with Crippen molar-refractivity contribution in [3.63, 3.8) is 0 Å². The molecule has 0 aliphatic carbocycles. The average Bonchev–Trinajstić information content (AvgIpc) is 3.44. The maximum absolute atomic E-state index is 13.7. The molecule has 6 heteroatoms. The molecular weight excluding hydrogens is 450 g/mol. The molecule has 184 valence electrons. The largest absolute Gasteiger partial charge is 0.493 e. The number of nitrogens with zero attached hydrogens (tertiary/aromatic N) is 2. The van der Waals surface area contributed by atoms with E-state index in [1.54, 1.807) is 7.11 Å². The second kappa shape index (κ2) is 10.3. The van der Waals surface area contributed by atoms with Crippen LogP contribution in [0.4, 0.5) is 0 Å². The molecule has 1 unspecified atom stereocenters. The van der Waals surface area contributed by atoms with Gasteiger partial charge in [0.1, 0.15) is 5.69 Å². The summed E-state index contributed by atoms with van der Waals surface area (Å²) in [5.41, 5.74) is 6.39. The van der Waals surface area contributed by atoms with Gasteiger partial charge in [-0.25, -0.2) is 0 Å². The van der Waals surface area contributed by atoms with Crippen LogP contribution >= 0.6 is 0 Å². The van der Waals surface area contributed by atoms with Crippen LogP contribution in [0.5, 0.6) is 11.5 Å². The predicted octanol–water partition coefficient (Wildman–Crippen LogP) is 6.32. The summed E-state index contributed by atoms with van der Waals surface area (Å²) >= 11 is 0. The highest BCUT2D eigenvalue weighted by Crippen LogP contribution is 2.45. The van der Waals surface area contributed by atoms with Crippen LogP contribution in [0.3, 0.4) is 0 Å². The third-order valence-electron chi connectivity index (χ3n) is 6.64. The Morgan fingerprint density at radius 3 is 2.50 bits per heavy atom. The molecule has 1 amide bonds. The van der Waals surface area contributed by atoms with Crippen molar-refractivity contribution in [2.45, 2.75) is 39.3 Å². The van der Waals surface area contributed by atoms with E-state index in [4.69, 9.17) is 9.47 Å². The Hall–Kier alpha value is -4.06. The number of rotatable bonds is 9. The number of aryl methyl sites for hydroxylation is 1. The van der Waals surface area contributed by atoms with Gasteiger partial charge in [0.15, 0.2) is 11.5 Å². The monoisotopic (exact) mass is 481 g/mol. The maximum atomic E-state index is 13.7. The first-order valence-electron chi connectivity index (χ1n) is 12.4. The van der Waals surface area contributed by atoms with Crippen LogP contribution in [-0.2, 0) is 6.54 Å². The van der Waals surface area contributed by atoms with Crippen LogP contribution in [-0.4, -0.2) is 34.7 Å². The number of ether oxygens (including phenoxy) is 2. The second-order valence-corrected chi connectivity index (χ2v) is 9.16. The SMILES string of the molecule is CCCCOc1ccc(C2c3c(-c4ccc(C)cc4)n[nH]c3C(=O)N2Cc2ccccc2)cc1OC. The Balaban J connectivity index is 1.60. The zero-order valence-electron chi connectivity index (χ0n) is 21.0. The fourth-order valence-corrected chi connectivity index (χ4v) is 4.72. The number of unbranched alkanes of at least 4 members (excludes halogenated alkanes) is 1. The molecule has 5 rings (SSSR count). The zero-order chi connectivity index (χ0) is 25.1. The summed E-state index contributed by atoms with van der Waals surface area (Å²) in [6, 6.07) is 23.9. The normalized spacial score (nSPS) is 14.7. The van der Waals surface area contributed by atoms with Gasteiger partial charge in [-0.15, -0.1) is 0 Å². The van der Waals surface area contributed by atoms with E-state index in [9.17, 15) is 4.79 Å². The van der Waals surface area contributed by atoms with E-state index < -0.39 is 0 Å². The third kappa shape index (κ3) is 4.47. The number of aromatic amines is 1. The molecule has 6 nitrogen and oxygen atoms in total. The number of nitrogens with one attached hydrogen (secondary N) is 1. The first kappa shape index (κ1) is 23.7. The van der Waals surface area contributed by atoms with Gasteiger partial charge in [0, 0.05) is 17.7 Å². The van der Waals surface area contributed by atoms with Crippen LogP contribution < -0.4 is 9.47 Å². The average molecular weight is 482 g/mol. The minimum atomic E-state index is -0.318. The lowest BCUT2D eigenvalue weighted by molar-refractivity contribution is 0.0730. The molecule has 0 bridgehead atoms. The van der Waals surface area contributed by atoms with Crippen molar-refractivity contribution in [1.29, 1.82) is 0 Å². The summed E-state index contributed by atoms with van der Waals surface area (Å²) in [5, 5.41) is 7.63. The number of hydrogen-bond donors (Lipinski definition) is 1. The molecule has 3 aromatic carbocycles. The molecule has 0 fully saturated rings. The van der Waals surface area contributed by atoms with Crippen molar-refractivity contribution in [3.8, 4) is 22.8 Å². The van der Waals surface area contributed by atoms with Crippen molar-refractivity contribution < 1.29 is 14.3 Å². The minimum Gasteiger partial charge on any atom is -0.493 e. The summed E-state index contributed by atoms with van der Waals surface area (Å²) in [6.07, 6.45) is 2.04. The highest BCUT2D eigenvalue weighted by molar-refractivity contribution is 6.00. The van der Waals surface area contributed by atoms with Crippen molar-refractivity contribution in [3.05, 3.63) is 101 Å². The van der Waals surface area contributed by atoms with Crippen molar-refractivity contribution in [2.75, 3.05) is 13.7 Å². The molecule has 36 heavy (non-hydrogen) atoms. The number of aromatic nitrogens is 2. The first-order chi connectivity index (χ1) is 17.6. The Labute approximate surface area is 211 Å². The van der Waals surface area contributed by atoms with Gasteiger partial charge in [-0.1, -0.05) is 79.6 Å². The summed E-state index contributed by atoms with van der Waals surface area (Å²) in [6.45, 7) is 5.31. The van der Waals surface area contributed by atoms with Gasteiger partial charge in [0.2, 0.25) is 0 Å². The van der Waals surface area contributed by atoms with Gasteiger partial charge in [0.25, 0.3) is 5.91 Å². The van der Waals surface area contributed by atoms with Gasteiger partial charge in [-0.3, -0.25) is 9.89 Å². The van der Waals surface area contributed by atoms with E-state index in [1.165, 1.54) is 5.56 Å². The topological polar surface area (TPSA) is 67.5 Å². The molecule has 1 aromatic heterocycles. The molecule has 0 saturated carbocycles. The number of H-pyrrole nitrogens is 1. The highest BCUT2D eigenvalue weighted by Gasteiger charge is 2.42. The van der Waals surface area contributed by atoms with Crippen LogP contribution in [0.2, 0.25) is 0 Å². The van der Waals surface area contributed by atoms with E-state index in [1.807, 2.05) is 53.4 Å². The lowest BCUT2D eigenvalue weighted by atomic mass is 9.95. The lowest BCUT2D eigenvalue weighted by Crippen LogP contribution is -2.29. The molecule has 1 atom stereocenters. The lowest BCUT2D eigenvalue weighted by Gasteiger charge is -2.27. The van der Waals surface area contributed by atoms with Gasteiger partial charge >= 0.3 is 0 Å². The second-order valence-electron chi connectivity index (χ2n) is 9.16. The number of benzene rings is 3. The summed E-state index contributed by atoms with van der Waals surface area (Å²) < 4.78 is 11.7. The zero-order valence-corrected chi connectivity index (χ0v) is 21.0. The highest BCUT2D eigenvalue weighted by atomic mass is 16.5. The Bertz CT molecular complexity index is 1350. The fourth-order valence-electron chi connectivity index (χ4n) is 4.72. The molecule has 1 aliphatic rings. The summed E-state index contributed by atoms with van der Waals surface area (Å²) in [7, 11) is 1.65. The summed E-state index contributed by atoms with van der Waals surface area (Å²) in [4.78, 5) is 15.6. The van der Waals surface area contributed by atoms with E-state index in [0.717, 1.165) is 40.8 Å². The minimum absolute atomic E-state index is 0.0630. The van der Waals surface area contributed by atoms with E-state index in [2.05, 4.69) is 48.3 Å². The molecule has 0 spiro atoms. The summed E-state index contributed by atoms with van der Waals surface area (Å²) in [5.74, 6) is 1.30. The van der Waals surface area contributed by atoms with Crippen molar-refractivity contribution in [1.82, 2.24) is 15.1 Å². The number of carbonyl (C=O) groups is 1. The maximum Gasteiger partial charge on any atom is 0.273 e. The van der Waals surface area contributed by atoms with Crippen LogP contribution in [0, 0.1) is 6.92 Å². The van der Waals surface area contributed by atoms with Crippen molar-refractivity contribution in [2.24, 2.45) is 0 Å². The molecule has 0 saturated heterocycles. The fraction of sp³-hybridized carbons (Fsp3) is 0.267.